The van der Waals surface area contributed by atoms with Crippen molar-refractivity contribution in [3.05, 3.63) is 81.3 Å². The molecular formula is C24H22BrClN4O2. The number of hydrogen-bond acceptors (Lipinski definition) is 5. The predicted octanol–water partition coefficient (Wildman–Crippen LogP) is 6.41. The summed E-state index contributed by atoms with van der Waals surface area (Å²) in [6.07, 6.45) is 1.71. The lowest BCUT2D eigenvalue weighted by atomic mass is 10.2. The van der Waals surface area contributed by atoms with Gasteiger partial charge in [0, 0.05) is 17.6 Å². The molecule has 0 aliphatic rings. The van der Waals surface area contributed by atoms with Crippen molar-refractivity contribution in [1.82, 2.24) is 9.55 Å². The second-order valence-electron chi connectivity index (χ2n) is 7.00. The van der Waals surface area contributed by atoms with E-state index in [0.29, 0.717) is 35.7 Å². The van der Waals surface area contributed by atoms with Crippen LogP contribution in [0.15, 0.2) is 70.2 Å². The van der Waals surface area contributed by atoms with E-state index >= 15 is 0 Å². The molecule has 1 aromatic heterocycles. The number of aromatic nitrogens is 2. The normalized spacial score (nSPS) is 11.2. The van der Waals surface area contributed by atoms with Crippen LogP contribution in [0.4, 0.5) is 5.95 Å². The first kappa shape index (κ1) is 22.2. The number of fused-ring (bicyclic) bond motifs is 1. The molecule has 0 bridgehead atoms. The standard InChI is InChI=1S/C24H22BrClN4O2/c1-3-31-22-13-16(12-18(25)23(22)32-15-17-8-4-5-9-19(17)26)14-27-29-24-28-20-10-6-7-11-21(20)30(24)2/h4-14H,3,15H2,1-2H3,(H,28,29)/b27-14-. The number of nitrogens with one attached hydrogen (secondary N) is 1. The Morgan fingerprint density at radius 3 is 2.69 bits per heavy atom. The van der Waals surface area contributed by atoms with Crippen molar-refractivity contribution in [3.63, 3.8) is 0 Å². The van der Waals surface area contributed by atoms with Crippen molar-refractivity contribution >= 4 is 50.7 Å². The molecule has 164 valence electrons. The van der Waals surface area contributed by atoms with Gasteiger partial charge in [0.05, 0.1) is 28.3 Å². The predicted molar refractivity (Wildman–Crippen MR) is 133 cm³/mol. The Morgan fingerprint density at radius 1 is 1.12 bits per heavy atom. The summed E-state index contributed by atoms with van der Waals surface area (Å²) < 4.78 is 14.6. The maximum absolute atomic E-state index is 6.25. The van der Waals surface area contributed by atoms with E-state index in [1.54, 1.807) is 6.21 Å². The topological polar surface area (TPSA) is 60.7 Å². The number of para-hydroxylation sites is 2. The number of anilines is 1. The fraction of sp³-hybridized carbons (Fsp3) is 0.167. The highest BCUT2D eigenvalue weighted by atomic mass is 79.9. The Morgan fingerprint density at radius 2 is 1.91 bits per heavy atom. The molecule has 32 heavy (non-hydrogen) atoms. The Bertz CT molecular complexity index is 1270. The summed E-state index contributed by atoms with van der Waals surface area (Å²) in [4.78, 5) is 4.56. The quantitative estimate of drug-likeness (QED) is 0.218. The minimum Gasteiger partial charge on any atom is -0.490 e. The molecule has 1 heterocycles. The van der Waals surface area contributed by atoms with Gasteiger partial charge in [0.1, 0.15) is 6.61 Å². The zero-order valence-electron chi connectivity index (χ0n) is 17.7. The van der Waals surface area contributed by atoms with E-state index in [2.05, 4.69) is 31.4 Å². The van der Waals surface area contributed by atoms with Crippen LogP contribution >= 0.6 is 27.5 Å². The van der Waals surface area contributed by atoms with Gasteiger partial charge in [0.2, 0.25) is 5.95 Å². The third kappa shape index (κ3) is 4.89. The van der Waals surface area contributed by atoms with Crippen molar-refractivity contribution in [2.45, 2.75) is 13.5 Å². The molecule has 6 nitrogen and oxygen atoms in total. The maximum atomic E-state index is 6.25. The Balaban J connectivity index is 1.52. The average Bonchev–Trinajstić information content (AvgIpc) is 3.10. The average molecular weight is 514 g/mol. The van der Waals surface area contributed by atoms with Gasteiger partial charge in [-0.2, -0.15) is 5.10 Å². The fourth-order valence-electron chi connectivity index (χ4n) is 3.24. The maximum Gasteiger partial charge on any atom is 0.224 e. The lowest BCUT2D eigenvalue weighted by molar-refractivity contribution is 0.267. The zero-order chi connectivity index (χ0) is 22.5. The molecule has 0 saturated carbocycles. The number of halogens is 2. The molecule has 0 aliphatic carbocycles. The molecule has 0 amide bonds. The molecular weight excluding hydrogens is 492 g/mol. The Kier molecular flexibility index (Phi) is 6.97. The molecule has 0 radical (unpaired) electrons. The van der Waals surface area contributed by atoms with Gasteiger partial charge in [0.25, 0.3) is 0 Å². The van der Waals surface area contributed by atoms with Crippen LogP contribution in [0.25, 0.3) is 11.0 Å². The van der Waals surface area contributed by atoms with Crippen LogP contribution in [-0.4, -0.2) is 22.4 Å². The second-order valence-corrected chi connectivity index (χ2v) is 8.26. The zero-order valence-corrected chi connectivity index (χ0v) is 20.0. The number of ether oxygens (including phenoxy) is 2. The van der Waals surface area contributed by atoms with E-state index in [9.17, 15) is 0 Å². The van der Waals surface area contributed by atoms with E-state index in [4.69, 9.17) is 21.1 Å². The molecule has 0 aliphatic heterocycles. The van der Waals surface area contributed by atoms with Crippen molar-refractivity contribution in [3.8, 4) is 11.5 Å². The first-order valence-electron chi connectivity index (χ1n) is 10.1. The van der Waals surface area contributed by atoms with E-state index < -0.39 is 0 Å². The fourth-order valence-corrected chi connectivity index (χ4v) is 4.01. The first-order chi connectivity index (χ1) is 15.6. The second kappa shape index (κ2) is 10.1. The molecule has 0 saturated heterocycles. The third-order valence-corrected chi connectivity index (χ3v) is 5.78. The van der Waals surface area contributed by atoms with Crippen molar-refractivity contribution in [2.24, 2.45) is 12.1 Å². The Labute approximate surface area is 200 Å². The third-order valence-electron chi connectivity index (χ3n) is 4.83. The van der Waals surface area contributed by atoms with Crippen LogP contribution in [-0.2, 0) is 13.7 Å². The van der Waals surface area contributed by atoms with Crippen LogP contribution in [0, 0.1) is 0 Å². The van der Waals surface area contributed by atoms with Crippen LogP contribution < -0.4 is 14.9 Å². The summed E-state index contributed by atoms with van der Waals surface area (Å²) in [5, 5.41) is 5.02. The molecule has 3 aromatic carbocycles. The number of hydrogen-bond donors (Lipinski definition) is 1. The van der Waals surface area contributed by atoms with E-state index in [-0.39, 0.29) is 0 Å². The minimum absolute atomic E-state index is 0.333. The lowest BCUT2D eigenvalue weighted by Crippen LogP contribution is -2.02. The minimum atomic E-state index is 0.333. The number of nitrogens with zero attached hydrogens (tertiary/aromatic N) is 3. The summed E-state index contributed by atoms with van der Waals surface area (Å²) >= 11 is 9.84. The summed E-state index contributed by atoms with van der Waals surface area (Å²) in [5.74, 6) is 1.90. The molecule has 4 rings (SSSR count). The summed E-state index contributed by atoms with van der Waals surface area (Å²) in [5.41, 5.74) is 6.70. The SMILES string of the molecule is CCOc1cc(/C=N\Nc2nc3ccccc3n2C)cc(Br)c1OCc1ccccc1Cl. The largest absolute Gasteiger partial charge is 0.490 e. The first-order valence-corrected chi connectivity index (χ1v) is 11.3. The number of imidazole rings is 1. The van der Waals surface area contributed by atoms with Gasteiger partial charge in [-0.3, -0.25) is 0 Å². The summed E-state index contributed by atoms with van der Waals surface area (Å²) in [6, 6.07) is 19.3. The van der Waals surface area contributed by atoms with Crippen LogP contribution in [0.1, 0.15) is 18.1 Å². The molecule has 1 N–H and O–H groups in total. The molecule has 0 unspecified atom stereocenters. The van der Waals surface area contributed by atoms with Gasteiger partial charge in [-0.1, -0.05) is 41.9 Å². The van der Waals surface area contributed by atoms with Crippen LogP contribution in [0.5, 0.6) is 11.5 Å². The van der Waals surface area contributed by atoms with Gasteiger partial charge < -0.3 is 14.0 Å². The molecule has 0 fully saturated rings. The number of hydrazone groups is 1. The number of rotatable bonds is 8. The number of aryl methyl sites for hydroxylation is 1. The summed E-state index contributed by atoms with van der Waals surface area (Å²) in [6.45, 7) is 2.77. The van der Waals surface area contributed by atoms with E-state index in [1.165, 1.54) is 0 Å². The van der Waals surface area contributed by atoms with Crippen molar-refractivity contribution < 1.29 is 9.47 Å². The van der Waals surface area contributed by atoms with Gasteiger partial charge in [-0.25, -0.2) is 10.4 Å². The van der Waals surface area contributed by atoms with Gasteiger partial charge in [-0.15, -0.1) is 0 Å². The monoisotopic (exact) mass is 512 g/mol. The van der Waals surface area contributed by atoms with Crippen molar-refractivity contribution in [2.75, 3.05) is 12.0 Å². The van der Waals surface area contributed by atoms with E-state index in [1.807, 2.05) is 79.2 Å². The lowest BCUT2D eigenvalue weighted by Gasteiger charge is -2.15. The Hall–Kier alpha value is -3.03. The summed E-state index contributed by atoms with van der Waals surface area (Å²) in [7, 11) is 1.95. The molecule has 0 atom stereocenters. The molecule has 8 heteroatoms. The van der Waals surface area contributed by atoms with Gasteiger partial charge in [0.15, 0.2) is 11.5 Å². The number of benzene rings is 3. The molecule has 0 spiro atoms. The van der Waals surface area contributed by atoms with E-state index in [0.717, 1.165) is 26.6 Å². The highest BCUT2D eigenvalue weighted by Gasteiger charge is 2.13. The van der Waals surface area contributed by atoms with Crippen LogP contribution in [0.3, 0.4) is 0 Å². The van der Waals surface area contributed by atoms with Gasteiger partial charge >= 0.3 is 0 Å². The van der Waals surface area contributed by atoms with Crippen LogP contribution in [0.2, 0.25) is 5.02 Å². The smallest absolute Gasteiger partial charge is 0.224 e. The van der Waals surface area contributed by atoms with Gasteiger partial charge in [-0.05, 0) is 58.7 Å². The molecule has 4 aromatic rings. The highest BCUT2D eigenvalue weighted by molar-refractivity contribution is 9.10. The highest BCUT2D eigenvalue weighted by Crippen LogP contribution is 2.37. The van der Waals surface area contributed by atoms with Crippen molar-refractivity contribution in [1.29, 1.82) is 0 Å².